The molecule has 1 heteroatoms. The summed E-state index contributed by atoms with van der Waals surface area (Å²) in [6.07, 6.45) is 18.7. The molecule has 0 aromatic carbocycles. The molecule has 1 aliphatic rings. The second-order valence-corrected chi connectivity index (χ2v) is 7.18. The molecule has 1 nitrogen and oxygen atoms in total. The summed E-state index contributed by atoms with van der Waals surface area (Å²) in [6.45, 7) is 7.09. The van der Waals surface area contributed by atoms with Crippen LogP contribution in [0.3, 0.4) is 0 Å². The van der Waals surface area contributed by atoms with Crippen LogP contribution in [0.2, 0.25) is 0 Å². The second-order valence-electron chi connectivity index (χ2n) is 7.18. The molecule has 2 unspecified atom stereocenters. The summed E-state index contributed by atoms with van der Waals surface area (Å²) >= 11 is 0. The average molecular weight is 282 g/mol. The molecular formula is C19H39N. The van der Waals surface area contributed by atoms with Gasteiger partial charge in [-0.15, -0.1) is 0 Å². The van der Waals surface area contributed by atoms with Crippen molar-refractivity contribution in [1.82, 2.24) is 5.32 Å². The van der Waals surface area contributed by atoms with Gasteiger partial charge in [0, 0.05) is 12.1 Å². The number of rotatable bonds is 14. The fraction of sp³-hybridized carbons (Fsp3) is 1.00. The number of hydrogen-bond acceptors (Lipinski definition) is 1. The van der Waals surface area contributed by atoms with E-state index in [-0.39, 0.29) is 0 Å². The van der Waals surface area contributed by atoms with Gasteiger partial charge in [0.15, 0.2) is 0 Å². The molecule has 1 N–H and O–H groups in total. The molecule has 2 atom stereocenters. The molecule has 20 heavy (non-hydrogen) atoms. The SMILES string of the molecule is CCCCCCCCCCCCC(C)C(C)NC1CC1. The van der Waals surface area contributed by atoms with Crippen LogP contribution < -0.4 is 5.32 Å². The lowest BCUT2D eigenvalue weighted by Crippen LogP contribution is -2.33. The number of nitrogens with one attached hydrogen (secondary N) is 1. The molecule has 0 aromatic heterocycles. The van der Waals surface area contributed by atoms with Crippen molar-refractivity contribution in [3.8, 4) is 0 Å². The minimum absolute atomic E-state index is 0.723. The van der Waals surface area contributed by atoms with Gasteiger partial charge in [-0.05, 0) is 32.1 Å². The van der Waals surface area contributed by atoms with Gasteiger partial charge in [0.1, 0.15) is 0 Å². The molecule has 1 rings (SSSR count). The first-order valence-electron chi connectivity index (χ1n) is 9.50. The largest absolute Gasteiger partial charge is 0.311 e. The molecule has 1 aliphatic carbocycles. The van der Waals surface area contributed by atoms with E-state index in [4.69, 9.17) is 0 Å². The Balaban J connectivity index is 1.79. The Morgan fingerprint density at radius 3 is 1.80 bits per heavy atom. The minimum atomic E-state index is 0.723. The normalized spacial score (nSPS) is 18.1. The van der Waals surface area contributed by atoms with Crippen LogP contribution in [0.1, 0.15) is 104 Å². The molecule has 120 valence electrons. The molecule has 0 aromatic rings. The van der Waals surface area contributed by atoms with Gasteiger partial charge < -0.3 is 5.32 Å². The number of unbranched alkanes of at least 4 members (excludes halogenated alkanes) is 9. The van der Waals surface area contributed by atoms with Crippen LogP contribution >= 0.6 is 0 Å². The van der Waals surface area contributed by atoms with Crippen molar-refractivity contribution in [3.63, 3.8) is 0 Å². The maximum atomic E-state index is 3.74. The van der Waals surface area contributed by atoms with Crippen LogP contribution in [0.15, 0.2) is 0 Å². The summed E-state index contributed by atoms with van der Waals surface area (Å²) < 4.78 is 0. The molecule has 0 amide bonds. The Bertz CT molecular complexity index is 210. The third kappa shape index (κ3) is 9.80. The number of hydrogen-bond donors (Lipinski definition) is 1. The summed E-state index contributed by atoms with van der Waals surface area (Å²) in [5.74, 6) is 0.852. The van der Waals surface area contributed by atoms with E-state index in [1.807, 2.05) is 0 Å². The van der Waals surface area contributed by atoms with E-state index < -0.39 is 0 Å². The van der Waals surface area contributed by atoms with Crippen molar-refractivity contribution in [2.24, 2.45) is 5.92 Å². The highest BCUT2D eigenvalue weighted by Crippen LogP contribution is 2.22. The van der Waals surface area contributed by atoms with Crippen molar-refractivity contribution in [1.29, 1.82) is 0 Å². The van der Waals surface area contributed by atoms with Gasteiger partial charge in [0.05, 0.1) is 0 Å². The third-order valence-corrected chi connectivity index (χ3v) is 4.94. The highest BCUT2D eigenvalue weighted by atomic mass is 15.0. The van der Waals surface area contributed by atoms with Gasteiger partial charge in [-0.3, -0.25) is 0 Å². The molecule has 0 saturated heterocycles. The zero-order valence-electron chi connectivity index (χ0n) is 14.4. The van der Waals surface area contributed by atoms with Crippen LogP contribution in [0.4, 0.5) is 0 Å². The van der Waals surface area contributed by atoms with Crippen molar-refractivity contribution in [2.75, 3.05) is 0 Å². The predicted octanol–water partition coefficient (Wildman–Crippen LogP) is 6.07. The van der Waals surface area contributed by atoms with Crippen LogP contribution in [0.5, 0.6) is 0 Å². The molecule has 0 aliphatic heterocycles. The Morgan fingerprint density at radius 2 is 1.30 bits per heavy atom. The van der Waals surface area contributed by atoms with Gasteiger partial charge >= 0.3 is 0 Å². The first-order chi connectivity index (χ1) is 9.74. The lowest BCUT2D eigenvalue weighted by Gasteiger charge is -2.21. The van der Waals surface area contributed by atoms with E-state index in [0.717, 1.165) is 18.0 Å². The maximum Gasteiger partial charge on any atom is 0.00708 e. The standard InChI is InChI=1S/C19H39N/c1-4-5-6-7-8-9-10-11-12-13-14-17(2)18(3)20-19-15-16-19/h17-20H,4-16H2,1-3H3. The summed E-state index contributed by atoms with van der Waals surface area (Å²) in [6, 6.07) is 1.58. The van der Waals surface area contributed by atoms with E-state index in [9.17, 15) is 0 Å². The molecular weight excluding hydrogens is 242 g/mol. The molecule has 0 heterocycles. The van der Waals surface area contributed by atoms with Crippen molar-refractivity contribution >= 4 is 0 Å². The molecule has 0 bridgehead atoms. The summed E-state index contributed by atoms with van der Waals surface area (Å²) in [4.78, 5) is 0. The Labute approximate surface area is 128 Å². The van der Waals surface area contributed by atoms with Gasteiger partial charge in [0.25, 0.3) is 0 Å². The van der Waals surface area contributed by atoms with Crippen molar-refractivity contribution in [2.45, 2.75) is 116 Å². The van der Waals surface area contributed by atoms with Crippen LogP contribution in [0, 0.1) is 5.92 Å². The Hall–Kier alpha value is -0.0400. The summed E-state index contributed by atoms with van der Waals surface area (Å²) in [5.41, 5.74) is 0. The van der Waals surface area contributed by atoms with E-state index in [0.29, 0.717) is 0 Å². The minimum Gasteiger partial charge on any atom is -0.311 e. The molecule has 1 saturated carbocycles. The summed E-state index contributed by atoms with van der Waals surface area (Å²) in [5, 5.41) is 3.74. The van der Waals surface area contributed by atoms with E-state index in [1.54, 1.807) is 0 Å². The zero-order chi connectivity index (χ0) is 14.6. The van der Waals surface area contributed by atoms with Crippen molar-refractivity contribution in [3.05, 3.63) is 0 Å². The van der Waals surface area contributed by atoms with Crippen LogP contribution in [-0.2, 0) is 0 Å². The van der Waals surface area contributed by atoms with E-state index in [1.165, 1.54) is 83.5 Å². The van der Waals surface area contributed by atoms with Gasteiger partial charge in [-0.25, -0.2) is 0 Å². The molecule has 0 radical (unpaired) electrons. The molecule has 0 spiro atoms. The first-order valence-corrected chi connectivity index (χ1v) is 9.50. The molecule has 1 fully saturated rings. The monoisotopic (exact) mass is 281 g/mol. The maximum absolute atomic E-state index is 3.74. The highest BCUT2D eigenvalue weighted by Gasteiger charge is 2.24. The second kappa shape index (κ2) is 11.6. The fourth-order valence-electron chi connectivity index (χ4n) is 2.99. The van der Waals surface area contributed by atoms with Crippen molar-refractivity contribution < 1.29 is 0 Å². The lowest BCUT2D eigenvalue weighted by atomic mass is 9.95. The van der Waals surface area contributed by atoms with Gasteiger partial charge in [0.2, 0.25) is 0 Å². The average Bonchev–Trinajstić information content (AvgIpc) is 3.24. The summed E-state index contributed by atoms with van der Waals surface area (Å²) in [7, 11) is 0. The zero-order valence-corrected chi connectivity index (χ0v) is 14.4. The van der Waals surface area contributed by atoms with E-state index >= 15 is 0 Å². The quantitative estimate of drug-likeness (QED) is 0.381. The smallest absolute Gasteiger partial charge is 0.00708 e. The highest BCUT2D eigenvalue weighted by molar-refractivity contribution is 4.84. The topological polar surface area (TPSA) is 12.0 Å². The fourth-order valence-corrected chi connectivity index (χ4v) is 2.99. The van der Waals surface area contributed by atoms with Gasteiger partial charge in [-0.2, -0.15) is 0 Å². The van der Waals surface area contributed by atoms with E-state index in [2.05, 4.69) is 26.1 Å². The first kappa shape index (κ1) is 18.0. The third-order valence-electron chi connectivity index (χ3n) is 4.94. The Morgan fingerprint density at radius 1 is 0.800 bits per heavy atom. The van der Waals surface area contributed by atoms with Gasteiger partial charge in [-0.1, -0.05) is 78.1 Å². The van der Waals surface area contributed by atoms with Crippen LogP contribution in [-0.4, -0.2) is 12.1 Å². The van der Waals surface area contributed by atoms with Crippen LogP contribution in [0.25, 0.3) is 0 Å². The Kier molecular flexibility index (Phi) is 10.4. The predicted molar refractivity (Wildman–Crippen MR) is 91.2 cm³/mol. The lowest BCUT2D eigenvalue weighted by molar-refractivity contribution is 0.363.